The number of rotatable bonds is 4. The summed E-state index contributed by atoms with van der Waals surface area (Å²) < 4.78 is 13.3. The number of aryl methyl sites for hydroxylation is 1. The van der Waals surface area contributed by atoms with Gasteiger partial charge < -0.3 is 5.32 Å². The third-order valence-electron chi connectivity index (χ3n) is 4.19. The summed E-state index contributed by atoms with van der Waals surface area (Å²) in [6.07, 6.45) is 3.70. The minimum atomic E-state index is -0.246. The van der Waals surface area contributed by atoms with Crippen LogP contribution in [0.3, 0.4) is 0 Å². The molecule has 1 N–H and O–H groups in total. The van der Waals surface area contributed by atoms with Crippen LogP contribution in [-0.4, -0.2) is 18.9 Å². The van der Waals surface area contributed by atoms with Gasteiger partial charge in [0.25, 0.3) is 0 Å². The molecule has 1 aromatic carbocycles. The Hall–Kier alpha value is -1.22. The standard InChI is InChI=1S/C16H22FNO/c1-3-6-16(7-9-18-10-8-16)15(19)13-4-5-14(17)12(2)11-13/h4-5,11,18H,3,6-10H2,1-2H3. The lowest BCUT2D eigenvalue weighted by atomic mass is 9.70. The van der Waals surface area contributed by atoms with Gasteiger partial charge >= 0.3 is 0 Å². The van der Waals surface area contributed by atoms with Crippen molar-refractivity contribution >= 4 is 5.78 Å². The number of carbonyl (C=O) groups excluding carboxylic acids is 1. The second kappa shape index (κ2) is 5.83. The molecule has 1 heterocycles. The molecule has 0 saturated carbocycles. The van der Waals surface area contributed by atoms with Crippen molar-refractivity contribution in [1.82, 2.24) is 5.32 Å². The van der Waals surface area contributed by atoms with E-state index in [1.807, 2.05) is 0 Å². The Bertz CT molecular complexity index is 458. The van der Waals surface area contributed by atoms with Crippen LogP contribution >= 0.6 is 0 Å². The maximum atomic E-state index is 13.3. The van der Waals surface area contributed by atoms with Crippen LogP contribution in [0, 0.1) is 18.2 Å². The first-order valence-corrected chi connectivity index (χ1v) is 7.11. The van der Waals surface area contributed by atoms with Gasteiger partial charge in [0.2, 0.25) is 0 Å². The molecule has 1 aliphatic heterocycles. The van der Waals surface area contributed by atoms with Gasteiger partial charge in [-0.2, -0.15) is 0 Å². The molecule has 3 heteroatoms. The maximum Gasteiger partial charge on any atom is 0.169 e. The lowest BCUT2D eigenvalue weighted by Gasteiger charge is -2.36. The number of halogens is 1. The number of hydrogen-bond acceptors (Lipinski definition) is 2. The molecular formula is C16H22FNO. The van der Waals surface area contributed by atoms with Gasteiger partial charge in [-0.05, 0) is 63.0 Å². The van der Waals surface area contributed by atoms with E-state index in [1.54, 1.807) is 19.1 Å². The lowest BCUT2D eigenvalue weighted by molar-refractivity contribution is 0.0704. The number of Topliss-reactive ketones (excluding diaryl/α,β-unsaturated/α-hetero) is 1. The molecule has 1 fully saturated rings. The van der Waals surface area contributed by atoms with E-state index in [0.29, 0.717) is 11.1 Å². The van der Waals surface area contributed by atoms with Crippen LogP contribution in [0.1, 0.15) is 48.5 Å². The van der Waals surface area contributed by atoms with Crippen LogP contribution in [0.5, 0.6) is 0 Å². The van der Waals surface area contributed by atoms with Gasteiger partial charge in [0, 0.05) is 11.0 Å². The molecule has 0 spiro atoms. The van der Waals surface area contributed by atoms with Crippen LogP contribution < -0.4 is 5.32 Å². The van der Waals surface area contributed by atoms with Gasteiger partial charge in [-0.25, -0.2) is 4.39 Å². The topological polar surface area (TPSA) is 29.1 Å². The van der Waals surface area contributed by atoms with Gasteiger partial charge in [-0.15, -0.1) is 0 Å². The van der Waals surface area contributed by atoms with E-state index in [1.165, 1.54) is 6.07 Å². The highest BCUT2D eigenvalue weighted by Gasteiger charge is 2.38. The quantitative estimate of drug-likeness (QED) is 0.843. The highest BCUT2D eigenvalue weighted by molar-refractivity contribution is 6.00. The minimum Gasteiger partial charge on any atom is -0.317 e. The van der Waals surface area contributed by atoms with Crippen LogP contribution in [0.2, 0.25) is 0 Å². The zero-order chi connectivity index (χ0) is 13.9. The second-order valence-corrected chi connectivity index (χ2v) is 5.57. The number of benzene rings is 1. The lowest BCUT2D eigenvalue weighted by Crippen LogP contribution is -2.42. The first-order chi connectivity index (χ1) is 9.09. The molecule has 1 aliphatic rings. The summed E-state index contributed by atoms with van der Waals surface area (Å²) in [6.45, 7) is 5.62. The average molecular weight is 263 g/mol. The molecule has 0 radical (unpaired) electrons. The smallest absolute Gasteiger partial charge is 0.169 e. The van der Waals surface area contributed by atoms with Crippen molar-refractivity contribution in [2.24, 2.45) is 5.41 Å². The molecule has 0 bridgehead atoms. The van der Waals surface area contributed by atoms with Gasteiger partial charge in [-0.3, -0.25) is 4.79 Å². The molecule has 19 heavy (non-hydrogen) atoms. The third-order valence-corrected chi connectivity index (χ3v) is 4.19. The summed E-state index contributed by atoms with van der Waals surface area (Å²) in [7, 11) is 0. The highest BCUT2D eigenvalue weighted by Crippen LogP contribution is 2.37. The first-order valence-electron chi connectivity index (χ1n) is 7.11. The summed E-state index contributed by atoms with van der Waals surface area (Å²) in [5.41, 5.74) is 0.963. The fourth-order valence-corrected chi connectivity index (χ4v) is 3.07. The first kappa shape index (κ1) is 14.2. The Balaban J connectivity index is 2.30. The second-order valence-electron chi connectivity index (χ2n) is 5.57. The summed E-state index contributed by atoms with van der Waals surface area (Å²) in [4.78, 5) is 12.8. The summed E-state index contributed by atoms with van der Waals surface area (Å²) in [5.74, 6) is -0.0506. The normalized spacial score (nSPS) is 18.3. The largest absolute Gasteiger partial charge is 0.317 e. The Morgan fingerprint density at radius 3 is 2.63 bits per heavy atom. The van der Waals surface area contributed by atoms with Crippen LogP contribution in [0.4, 0.5) is 4.39 Å². The Morgan fingerprint density at radius 1 is 1.37 bits per heavy atom. The highest BCUT2D eigenvalue weighted by atomic mass is 19.1. The van der Waals surface area contributed by atoms with E-state index in [0.717, 1.165) is 38.8 Å². The van der Waals surface area contributed by atoms with Crippen molar-refractivity contribution in [3.63, 3.8) is 0 Å². The molecular weight excluding hydrogens is 241 g/mol. The van der Waals surface area contributed by atoms with Gasteiger partial charge in [-0.1, -0.05) is 13.3 Å². The van der Waals surface area contributed by atoms with Crippen molar-refractivity contribution in [3.05, 3.63) is 35.1 Å². The molecule has 104 valence electrons. The van der Waals surface area contributed by atoms with Gasteiger partial charge in [0.05, 0.1) is 0 Å². The number of carbonyl (C=O) groups is 1. The van der Waals surface area contributed by atoms with E-state index in [2.05, 4.69) is 12.2 Å². The molecule has 1 aromatic rings. The van der Waals surface area contributed by atoms with E-state index in [4.69, 9.17) is 0 Å². The van der Waals surface area contributed by atoms with Crippen LogP contribution in [0.15, 0.2) is 18.2 Å². The van der Waals surface area contributed by atoms with Crippen LogP contribution in [-0.2, 0) is 0 Å². The molecule has 0 atom stereocenters. The average Bonchev–Trinajstić information content (AvgIpc) is 2.42. The number of ketones is 1. The van der Waals surface area contributed by atoms with Crippen molar-refractivity contribution < 1.29 is 9.18 Å². The van der Waals surface area contributed by atoms with Crippen molar-refractivity contribution in [2.75, 3.05) is 13.1 Å². The van der Waals surface area contributed by atoms with Crippen molar-refractivity contribution in [1.29, 1.82) is 0 Å². The predicted octanol–water partition coefficient (Wildman–Crippen LogP) is 3.49. The van der Waals surface area contributed by atoms with E-state index in [-0.39, 0.29) is 17.0 Å². The Kier molecular flexibility index (Phi) is 4.35. The molecule has 0 aromatic heterocycles. The fraction of sp³-hybridized carbons (Fsp3) is 0.562. The number of nitrogens with one attached hydrogen (secondary N) is 1. The Morgan fingerprint density at radius 2 is 2.05 bits per heavy atom. The maximum absolute atomic E-state index is 13.3. The zero-order valence-electron chi connectivity index (χ0n) is 11.8. The molecule has 2 rings (SSSR count). The van der Waals surface area contributed by atoms with Crippen LogP contribution in [0.25, 0.3) is 0 Å². The van der Waals surface area contributed by atoms with Crippen molar-refractivity contribution in [2.45, 2.75) is 39.5 Å². The fourth-order valence-electron chi connectivity index (χ4n) is 3.07. The molecule has 0 aliphatic carbocycles. The number of piperidine rings is 1. The van der Waals surface area contributed by atoms with E-state index < -0.39 is 0 Å². The van der Waals surface area contributed by atoms with Gasteiger partial charge in [0.15, 0.2) is 5.78 Å². The molecule has 2 nitrogen and oxygen atoms in total. The molecule has 0 unspecified atom stereocenters. The van der Waals surface area contributed by atoms with Crippen molar-refractivity contribution in [3.8, 4) is 0 Å². The van der Waals surface area contributed by atoms with E-state index in [9.17, 15) is 9.18 Å². The molecule has 1 saturated heterocycles. The summed E-state index contributed by atoms with van der Waals surface area (Å²) in [6, 6.07) is 4.73. The SMILES string of the molecule is CCCC1(C(=O)c2ccc(F)c(C)c2)CCNCC1. The minimum absolute atomic E-state index is 0.193. The Labute approximate surface area is 114 Å². The summed E-state index contributed by atoms with van der Waals surface area (Å²) >= 11 is 0. The van der Waals surface area contributed by atoms with Gasteiger partial charge in [0.1, 0.15) is 5.82 Å². The predicted molar refractivity (Wildman–Crippen MR) is 74.9 cm³/mol. The number of hydrogen-bond donors (Lipinski definition) is 1. The van der Waals surface area contributed by atoms with E-state index >= 15 is 0 Å². The molecule has 0 amide bonds. The third kappa shape index (κ3) is 2.86. The zero-order valence-corrected chi connectivity index (χ0v) is 11.8. The monoisotopic (exact) mass is 263 g/mol. The summed E-state index contributed by atoms with van der Waals surface area (Å²) in [5, 5.41) is 3.31.